The summed E-state index contributed by atoms with van der Waals surface area (Å²) in [4.78, 5) is 3.78. The monoisotopic (exact) mass is 156 g/mol. The topological polar surface area (TPSA) is 47.0 Å². The van der Waals surface area contributed by atoms with Crippen molar-refractivity contribution in [2.75, 3.05) is 0 Å². The Labute approximate surface area is 60.7 Å². The number of hydrogen-bond donors (Lipinski definition) is 1. The van der Waals surface area contributed by atoms with Crippen LogP contribution >= 0.6 is 0 Å². The fourth-order valence-electron chi connectivity index (χ4n) is 0.566. The van der Waals surface area contributed by atoms with Gasteiger partial charge >= 0.3 is 0 Å². The molecule has 0 aliphatic carbocycles. The number of thiol groups is 1. The SMILES string of the molecule is O=[SH](=O)Cc1[c]cccn1. The summed E-state index contributed by atoms with van der Waals surface area (Å²) in [5.41, 5.74) is 0.471. The molecular formula is C6H6NO2S. The molecule has 0 atom stereocenters. The number of pyridine rings is 1. The highest BCUT2D eigenvalue weighted by Gasteiger charge is 1.92. The molecule has 0 saturated carbocycles. The van der Waals surface area contributed by atoms with Crippen molar-refractivity contribution in [1.29, 1.82) is 0 Å². The van der Waals surface area contributed by atoms with Gasteiger partial charge < -0.3 is 0 Å². The summed E-state index contributed by atoms with van der Waals surface area (Å²) in [5, 5.41) is 0. The van der Waals surface area contributed by atoms with E-state index < -0.39 is 10.7 Å². The number of aromatic nitrogens is 1. The first-order chi connectivity index (χ1) is 4.79. The van der Waals surface area contributed by atoms with E-state index in [2.05, 4.69) is 11.1 Å². The van der Waals surface area contributed by atoms with E-state index in [0.29, 0.717) is 5.69 Å². The van der Waals surface area contributed by atoms with Gasteiger partial charge in [-0.3, -0.25) is 4.98 Å². The fourth-order valence-corrected chi connectivity index (χ4v) is 0.984. The van der Waals surface area contributed by atoms with E-state index in [0.717, 1.165) is 0 Å². The summed E-state index contributed by atoms with van der Waals surface area (Å²) < 4.78 is 20.3. The van der Waals surface area contributed by atoms with Crippen molar-refractivity contribution >= 4 is 10.7 Å². The Morgan fingerprint density at radius 2 is 2.40 bits per heavy atom. The van der Waals surface area contributed by atoms with E-state index in [4.69, 9.17) is 0 Å². The number of rotatable bonds is 2. The fraction of sp³-hybridized carbons (Fsp3) is 0.167. The van der Waals surface area contributed by atoms with Crippen molar-refractivity contribution in [1.82, 2.24) is 4.98 Å². The maximum atomic E-state index is 10.1. The molecule has 1 aromatic rings. The highest BCUT2D eigenvalue weighted by Crippen LogP contribution is 1.92. The minimum absolute atomic E-state index is 0.0177. The lowest BCUT2D eigenvalue weighted by molar-refractivity contribution is 0.613. The molecule has 0 fully saturated rings. The Bertz CT molecular complexity index is 260. The van der Waals surface area contributed by atoms with Crippen LogP contribution in [0.5, 0.6) is 0 Å². The predicted octanol–water partition coefficient (Wildman–Crippen LogP) is -0.00681. The van der Waals surface area contributed by atoms with Crippen molar-refractivity contribution in [2.45, 2.75) is 5.75 Å². The minimum atomic E-state index is -2.37. The molecule has 1 rings (SSSR count). The smallest absolute Gasteiger partial charge is 0.145 e. The zero-order chi connectivity index (χ0) is 7.40. The molecule has 53 valence electrons. The van der Waals surface area contributed by atoms with Crippen LogP contribution in [-0.4, -0.2) is 13.4 Å². The third-order valence-electron chi connectivity index (χ3n) is 0.941. The Hall–Kier alpha value is -0.900. The number of nitrogens with zero attached hydrogens (tertiary/aromatic N) is 1. The lowest BCUT2D eigenvalue weighted by Crippen LogP contribution is -1.89. The second-order valence-electron chi connectivity index (χ2n) is 1.72. The van der Waals surface area contributed by atoms with E-state index >= 15 is 0 Å². The maximum absolute atomic E-state index is 10.1. The van der Waals surface area contributed by atoms with E-state index in [1.165, 1.54) is 0 Å². The maximum Gasteiger partial charge on any atom is 0.145 e. The predicted molar refractivity (Wildman–Crippen MR) is 37.1 cm³/mol. The molecule has 0 bridgehead atoms. The molecule has 0 spiro atoms. The largest absolute Gasteiger partial charge is 0.260 e. The van der Waals surface area contributed by atoms with Gasteiger partial charge in [-0.25, -0.2) is 8.42 Å². The Morgan fingerprint density at radius 3 is 2.90 bits per heavy atom. The molecule has 0 aromatic carbocycles. The van der Waals surface area contributed by atoms with Crippen LogP contribution in [0.3, 0.4) is 0 Å². The van der Waals surface area contributed by atoms with Crippen molar-refractivity contribution < 1.29 is 8.42 Å². The van der Waals surface area contributed by atoms with Gasteiger partial charge in [0.05, 0.1) is 11.4 Å². The summed E-state index contributed by atoms with van der Waals surface area (Å²) in [7, 11) is -2.37. The van der Waals surface area contributed by atoms with E-state index in [-0.39, 0.29) is 5.75 Å². The molecule has 1 heterocycles. The highest BCUT2D eigenvalue weighted by atomic mass is 32.2. The summed E-state index contributed by atoms with van der Waals surface area (Å²) in [6, 6.07) is 6.04. The van der Waals surface area contributed by atoms with Crippen LogP contribution in [0.4, 0.5) is 0 Å². The Balaban J connectivity index is 2.77. The third kappa shape index (κ3) is 2.14. The molecule has 0 amide bonds. The normalized spacial score (nSPS) is 10.1. The lowest BCUT2D eigenvalue weighted by Gasteiger charge is -1.88. The standard InChI is InChI=1S/C6H6NO2S/c8-10(9)5-6-3-1-2-4-7-6/h1-2,4,10H,5H2. The van der Waals surface area contributed by atoms with Gasteiger partial charge in [0, 0.05) is 12.3 Å². The van der Waals surface area contributed by atoms with Gasteiger partial charge in [0.2, 0.25) is 0 Å². The summed E-state index contributed by atoms with van der Waals surface area (Å²) in [6.45, 7) is 0. The van der Waals surface area contributed by atoms with Crippen molar-refractivity contribution in [3.63, 3.8) is 0 Å². The summed E-state index contributed by atoms with van der Waals surface area (Å²) in [5.74, 6) is -0.0177. The van der Waals surface area contributed by atoms with Crippen molar-refractivity contribution in [3.05, 3.63) is 30.1 Å². The number of hydrogen-bond acceptors (Lipinski definition) is 3. The first kappa shape index (κ1) is 7.21. The van der Waals surface area contributed by atoms with E-state index in [1.54, 1.807) is 18.3 Å². The van der Waals surface area contributed by atoms with Crippen LogP contribution in [0.2, 0.25) is 0 Å². The van der Waals surface area contributed by atoms with Gasteiger partial charge in [-0.2, -0.15) is 0 Å². The van der Waals surface area contributed by atoms with Crippen LogP contribution in [-0.2, 0) is 16.5 Å². The zero-order valence-corrected chi connectivity index (χ0v) is 6.04. The quantitative estimate of drug-likeness (QED) is 0.613. The average molecular weight is 156 g/mol. The average Bonchev–Trinajstić information content (AvgIpc) is 1.88. The van der Waals surface area contributed by atoms with Gasteiger partial charge in [0.1, 0.15) is 10.7 Å². The molecule has 0 N–H and O–H groups in total. The summed E-state index contributed by atoms with van der Waals surface area (Å²) >= 11 is 0. The third-order valence-corrected chi connectivity index (χ3v) is 1.50. The van der Waals surface area contributed by atoms with Gasteiger partial charge in [-0.05, 0) is 6.07 Å². The van der Waals surface area contributed by atoms with Gasteiger partial charge in [0.15, 0.2) is 0 Å². The van der Waals surface area contributed by atoms with Crippen molar-refractivity contribution in [2.24, 2.45) is 0 Å². The molecule has 10 heavy (non-hydrogen) atoms. The lowest BCUT2D eigenvalue weighted by atomic mass is 10.4. The molecule has 0 aliphatic heterocycles. The van der Waals surface area contributed by atoms with Crippen LogP contribution in [0, 0.1) is 6.07 Å². The van der Waals surface area contributed by atoms with Crippen LogP contribution in [0.1, 0.15) is 5.69 Å². The molecule has 0 aliphatic rings. The second-order valence-corrected chi connectivity index (χ2v) is 2.70. The highest BCUT2D eigenvalue weighted by molar-refractivity contribution is 7.71. The molecule has 3 nitrogen and oxygen atoms in total. The molecule has 4 heteroatoms. The van der Waals surface area contributed by atoms with Gasteiger partial charge in [-0.15, -0.1) is 0 Å². The zero-order valence-electron chi connectivity index (χ0n) is 5.15. The molecule has 0 saturated heterocycles. The molecule has 0 unspecified atom stereocenters. The van der Waals surface area contributed by atoms with Crippen molar-refractivity contribution in [3.8, 4) is 0 Å². The molecular weight excluding hydrogens is 150 g/mol. The molecule has 1 aromatic heterocycles. The van der Waals surface area contributed by atoms with Crippen LogP contribution < -0.4 is 0 Å². The Morgan fingerprint density at radius 1 is 1.60 bits per heavy atom. The van der Waals surface area contributed by atoms with Crippen LogP contribution in [0.25, 0.3) is 0 Å². The summed E-state index contributed by atoms with van der Waals surface area (Å²) in [6.07, 6.45) is 1.55. The van der Waals surface area contributed by atoms with E-state index in [1.807, 2.05) is 0 Å². The van der Waals surface area contributed by atoms with E-state index in [9.17, 15) is 8.42 Å². The molecule has 1 radical (unpaired) electrons. The first-order valence-corrected chi connectivity index (χ1v) is 4.08. The Kier molecular flexibility index (Phi) is 2.39. The van der Waals surface area contributed by atoms with Gasteiger partial charge in [0.25, 0.3) is 0 Å². The minimum Gasteiger partial charge on any atom is -0.260 e. The van der Waals surface area contributed by atoms with Crippen LogP contribution in [0.15, 0.2) is 18.3 Å². The second kappa shape index (κ2) is 3.31. The first-order valence-electron chi connectivity index (χ1n) is 2.72. The van der Waals surface area contributed by atoms with Gasteiger partial charge in [-0.1, -0.05) is 6.07 Å².